The molecule has 94 valence electrons. The third-order valence-electron chi connectivity index (χ3n) is 3.50. The van der Waals surface area contributed by atoms with Crippen LogP contribution < -0.4 is 15.0 Å². The minimum absolute atomic E-state index is 0.629. The van der Waals surface area contributed by atoms with Crippen molar-refractivity contribution in [2.24, 2.45) is 0 Å². The Balaban J connectivity index is 2.13. The summed E-state index contributed by atoms with van der Waals surface area (Å²) in [7, 11) is 3.90. The molecule has 1 heterocycles. The van der Waals surface area contributed by atoms with Crippen LogP contribution in [0.2, 0.25) is 0 Å². The van der Waals surface area contributed by atoms with Gasteiger partial charge in [0.25, 0.3) is 0 Å². The van der Waals surface area contributed by atoms with E-state index in [2.05, 4.69) is 36.3 Å². The van der Waals surface area contributed by atoms with E-state index in [-0.39, 0.29) is 0 Å². The molecule has 1 aliphatic heterocycles. The zero-order valence-electron chi connectivity index (χ0n) is 11.0. The highest BCUT2D eigenvalue weighted by Crippen LogP contribution is 2.38. The number of nitrogens with one attached hydrogen (secondary N) is 1. The molecule has 0 amide bonds. The lowest BCUT2D eigenvalue weighted by Crippen LogP contribution is -2.20. The van der Waals surface area contributed by atoms with Crippen LogP contribution in [0.15, 0.2) is 18.2 Å². The van der Waals surface area contributed by atoms with Gasteiger partial charge in [-0.1, -0.05) is 6.92 Å². The van der Waals surface area contributed by atoms with Crippen LogP contribution in [0.5, 0.6) is 5.75 Å². The summed E-state index contributed by atoms with van der Waals surface area (Å²) in [5, 5.41) is 3.40. The molecule has 1 N–H and O–H groups in total. The molecule has 17 heavy (non-hydrogen) atoms. The number of ether oxygens (including phenoxy) is 1. The van der Waals surface area contributed by atoms with Gasteiger partial charge in [-0.3, -0.25) is 0 Å². The van der Waals surface area contributed by atoms with Crippen molar-refractivity contribution >= 4 is 5.69 Å². The van der Waals surface area contributed by atoms with Crippen LogP contribution in [0.4, 0.5) is 5.69 Å². The van der Waals surface area contributed by atoms with Gasteiger partial charge in [0, 0.05) is 25.2 Å². The molecule has 1 aliphatic rings. The summed E-state index contributed by atoms with van der Waals surface area (Å²) >= 11 is 0. The molecule has 0 radical (unpaired) electrons. The lowest BCUT2D eigenvalue weighted by molar-refractivity contribution is 0.414. The highest BCUT2D eigenvalue weighted by Gasteiger charge is 2.26. The number of benzene rings is 1. The summed E-state index contributed by atoms with van der Waals surface area (Å²) in [6.07, 6.45) is 1.19. The average Bonchev–Trinajstić information content (AvgIpc) is 2.66. The van der Waals surface area contributed by atoms with Gasteiger partial charge in [-0.25, -0.2) is 0 Å². The van der Waals surface area contributed by atoms with E-state index >= 15 is 0 Å². The van der Waals surface area contributed by atoms with E-state index in [9.17, 15) is 0 Å². The van der Waals surface area contributed by atoms with Crippen LogP contribution in [0, 0.1) is 0 Å². The van der Waals surface area contributed by atoms with Crippen LogP contribution >= 0.6 is 0 Å². The summed E-state index contributed by atoms with van der Waals surface area (Å²) in [6, 6.07) is 6.40. The van der Waals surface area contributed by atoms with Crippen LogP contribution in [-0.2, 0) is 0 Å². The molecule has 1 aromatic carbocycles. The Bertz CT molecular complexity index is 378. The quantitative estimate of drug-likeness (QED) is 0.791. The molecular formula is C14H22N2O. The number of rotatable bonds is 5. The first-order valence-electron chi connectivity index (χ1n) is 6.36. The second-order valence-corrected chi connectivity index (χ2v) is 4.64. The second-order valence-electron chi connectivity index (χ2n) is 4.64. The van der Waals surface area contributed by atoms with Crippen LogP contribution in [0.1, 0.15) is 24.8 Å². The predicted octanol–water partition coefficient (Wildman–Crippen LogP) is 2.23. The summed E-state index contributed by atoms with van der Waals surface area (Å²) in [5.41, 5.74) is 2.79. The molecule has 0 bridgehead atoms. The Morgan fingerprint density at radius 3 is 3.00 bits per heavy atom. The molecule has 3 nitrogen and oxygen atoms in total. The highest BCUT2D eigenvalue weighted by atomic mass is 16.5. The van der Waals surface area contributed by atoms with Crippen molar-refractivity contribution in [1.29, 1.82) is 0 Å². The van der Waals surface area contributed by atoms with E-state index in [1.165, 1.54) is 17.7 Å². The van der Waals surface area contributed by atoms with Gasteiger partial charge >= 0.3 is 0 Å². The molecule has 0 saturated heterocycles. The summed E-state index contributed by atoms with van der Waals surface area (Å²) in [5.74, 6) is 1.59. The third kappa shape index (κ3) is 2.55. The van der Waals surface area contributed by atoms with Gasteiger partial charge in [-0.15, -0.1) is 0 Å². The molecule has 0 saturated carbocycles. The van der Waals surface area contributed by atoms with Crippen molar-refractivity contribution < 1.29 is 4.74 Å². The van der Waals surface area contributed by atoms with Gasteiger partial charge in [0.2, 0.25) is 0 Å². The Hall–Kier alpha value is -1.22. The van der Waals surface area contributed by atoms with E-state index in [0.717, 1.165) is 25.4 Å². The van der Waals surface area contributed by atoms with Gasteiger partial charge in [-0.05, 0) is 43.3 Å². The van der Waals surface area contributed by atoms with Crippen molar-refractivity contribution in [2.75, 3.05) is 38.7 Å². The fraction of sp³-hybridized carbons (Fsp3) is 0.571. The molecule has 1 aromatic rings. The average molecular weight is 234 g/mol. The fourth-order valence-corrected chi connectivity index (χ4v) is 2.56. The van der Waals surface area contributed by atoms with Crippen molar-refractivity contribution in [3.05, 3.63) is 23.8 Å². The fourth-order valence-electron chi connectivity index (χ4n) is 2.56. The van der Waals surface area contributed by atoms with Gasteiger partial charge in [-0.2, -0.15) is 0 Å². The number of likely N-dealkylation sites (N-methyl/N-ethyl adjacent to an activating group) is 1. The Labute approximate surface area is 104 Å². The van der Waals surface area contributed by atoms with Crippen molar-refractivity contribution in [2.45, 2.75) is 19.3 Å². The molecule has 2 rings (SSSR count). The maximum absolute atomic E-state index is 5.31. The SMILES string of the molecule is CCNCCC1CN(C)c2ccc(OC)cc21. The van der Waals surface area contributed by atoms with E-state index in [1.54, 1.807) is 7.11 Å². The number of anilines is 1. The van der Waals surface area contributed by atoms with Gasteiger partial charge in [0.1, 0.15) is 5.75 Å². The Morgan fingerprint density at radius 2 is 2.29 bits per heavy atom. The van der Waals surface area contributed by atoms with Crippen molar-refractivity contribution in [3.8, 4) is 5.75 Å². The van der Waals surface area contributed by atoms with E-state index < -0.39 is 0 Å². The lowest BCUT2D eigenvalue weighted by Gasteiger charge is -2.12. The monoisotopic (exact) mass is 234 g/mol. The minimum atomic E-state index is 0.629. The zero-order valence-corrected chi connectivity index (χ0v) is 11.0. The second kappa shape index (κ2) is 5.41. The number of hydrogen-bond acceptors (Lipinski definition) is 3. The standard InChI is InChI=1S/C14H22N2O/c1-4-15-8-7-11-10-16(2)14-6-5-12(17-3)9-13(11)14/h5-6,9,11,15H,4,7-8,10H2,1-3H3. The smallest absolute Gasteiger partial charge is 0.119 e. The molecule has 1 atom stereocenters. The number of fused-ring (bicyclic) bond motifs is 1. The van der Waals surface area contributed by atoms with Crippen molar-refractivity contribution in [3.63, 3.8) is 0 Å². The first-order valence-corrected chi connectivity index (χ1v) is 6.36. The summed E-state index contributed by atoms with van der Waals surface area (Å²) in [4.78, 5) is 2.34. The van der Waals surface area contributed by atoms with Crippen LogP contribution in [0.25, 0.3) is 0 Å². The molecule has 0 aromatic heterocycles. The van der Waals surface area contributed by atoms with Gasteiger partial charge in [0.15, 0.2) is 0 Å². The van der Waals surface area contributed by atoms with Gasteiger partial charge in [0.05, 0.1) is 7.11 Å². The summed E-state index contributed by atoms with van der Waals surface area (Å²) < 4.78 is 5.31. The van der Waals surface area contributed by atoms with Crippen molar-refractivity contribution in [1.82, 2.24) is 5.32 Å². The first kappa shape index (κ1) is 12.2. The molecule has 3 heteroatoms. The number of nitrogens with zero attached hydrogens (tertiary/aromatic N) is 1. The molecule has 0 fully saturated rings. The highest BCUT2D eigenvalue weighted by molar-refractivity contribution is 5.61. The largest absolute Gasteiger partial charge is 0.497 e. The molecular weight excluding hydrogens is 212 g/mol. The Kier molecular flexibility index (Phi) is 3.89. The molecule has 0 spiro atoms. The maximum Gasteiger partial charge on any atom is 0.119 e. The first-order chi connectivity index (χ1) is 8.26. The maximum atomic E-state index is 5.31. The summed E-state index contributed by atoms with van der Waals surface area (Å²) in [6.45, 7) is 5.41. The van der Waals surface area contributed by atoms with E-state index in [4.69, 9.17) is 4.74 Å². The van der Waals surface area contributed by atoms with Gasteiger partial charge < -0.3 is 15.0 Å². The molecule has 1 unspecified atom stereocenters. The normalized spacial score (nSPS) is 18.3. The van der Waals surface area contributed by atoms with Crippen LogP contribution in [0.3, 0.4) is 0 Å². The number of methoxy groups -OCH3 is 1. The van der Waals surface area contributed by atoms with Crippen LogP contribution in [-0.4, -0.2) is 33.8 Å². The minimum Gasteiger partial charge on any atom is -0.497 e. The lowest BCUT2D eigenvalue weighted by atomic mass is 9.97. The predicted molar refractivity (Wildman–Crippen MR) is 72.2 cm³/mol. The molecule has 0 aliphatic carbocycles. The number of hydrogen-bond donors (Lipinski definition) is 1. The van der Waals surface area contributed by atoms with E-state index in [0.29, 0.717) is 5.92 Å². The third-order valence-corrected chi connectivity index (χ3v) is 3.50. The zero-order chi connectivity index (χ0) is 12.3. The topological polar surface area (TPSA) is 24.5 Å². The Morgan fingerprint density at radius 1 is 1.47 bits per heavy atom. The van der Waals surface area contributed by atoms with E-state index in [1.807, 2.05) is 6.07 Å².